The number of ether oxygens (including phenoxy) is 4. The summed E-state index contributed by atoms with van der Waals surface area (Å²) in [5.41, 5.74) is 2.49. The highest BCUT2D eigenvalue weighted by molar-refractivity contribution is 5.71. The van der Waals surface area contributed by atoms with Crippen molar-refractivity contribution in [2.24, 2.45) is 17.8 Å². The Kier molecular flexibility index (Phi) is 9.87. The summed E-state index contributed by atoms with van der Waals surface area (Å²) in [6.07, 6.45) is 12.6. The standard InChI is InChI=1S/C29H44O6/c1-3-4-5-10-22(35-29-12-6-7-15-33-29)13-14-23-24-16-20-9-8-11-27(34-19-28(31)32-2)25(20)17-21(24)18-26(23)30/h8-9,11,21-24,26,29-30H,3-7,10,12-19H2,1-2H3. The van der Waals surface area contributed by atoms with E-state index in [2.05, 4.69) is 13.0 Å². The van der Waals surface area contributed by atoms with Crippen molar-refractivity contribution in [3.63, 3.8) is 0 Å². The van der Waals surface area contributed by atoms with Gasteiger partial charge >= 0.3 is 5.97 Å². The number of carbonyl (C=O) groups is 1. The van der Waals surface area contributed by atoms with Gasteiger partial charge in [0.25, 0.3) is 0 Å². The fourth-order valence-electron chi connectivity index (χ4n) is 6.45. The molecule has 3 aliphatic rings. The zero-order valence-electron chi connectivity index (χ0n) is 21.6. The second-order valence-corrected chi connectivity index (χ2v) is 10.7. The molecule has 6 unspecified atom stereocenters. The minimum atomic E-state index is -0.373. The van der Waals surface area contributed by atoms with E-state index < -0.39 is 0 Å². The van der Waals surface area contributed by atoms with Crippen LogP contribution in [0.15, 0.2) is 18.2 Å². The highest BCUT2D eigenvalue weighted by atomic mass is 16.7. The molecule has 1 aromatic carbocycles. The first kappa shape index (κ1) is 26.4. The van der Waals surface area contributed by atoms with Gasteiger partial charge in [0.05, 0.1) is 19.3 Å². The Morgan fingerprint density at radius 1 is 1.20 bits per heavy atom. The fraction of sp³-hybridized carbons (Fsp3) is 0.759. The smallest absolute Gasteiger partial charge is 0.343 e. The molecule has 196 valence electrons. The maximum Gasteiger partial charge on any atom is 0.343 e. The third-order valence-electron chi connectivity index (χ3n) is 8.35. The van der Waals surface area contributed by atoms with Crippen LogP contribution < -0.4 is 4.74 Å². The molecule has 1 aromatic rings. The Morgan fingerprint density at radius 3 is 2.86 bits per heavy atom. The predicted octanol–water partition coefficient (Wildman–Crippen LogP) is 5.22. The van der Waals surface area contributed by atoms with Crippen LogP contribution in [0, 0.1) is 17.8 Å². The Labute approximate surface area is 210 Å². The number of esters is 1. The van der Waals surface area contributed by atoms with Crippen molar-refractivity contribution in [2.75, 3.05) is 20.3 Å². The molecular weight excluding hydrogens is 444 g/mol. The van der Waals surface area contributed by atoms with Crippen LogP contribution in [0.3, 0.4) is 0 Å². The summed E-state index contributed by atoms with van der Waals surface area (Å²) >= 11 is 0. The van der Waals surface area contributed by atoms with Crippen LogP contribution in [-0.4, -0.2) is 49.9 Å². The Balaban J connectivity index is 1.38. The summed E-state index contributed by atoms with van der Waals surface area (Å²) in [6, 6.07) is 6.12. The van der Waals surface area contributed by atoms with Gasteiger partial charge in [0, 0.05) is 6.61 Å². The molecule has 1 heterocycles. The van der Waals surface area contributed by atoms with E-state index in [0.717, 1.165) is 63.7 Å². The summed E-state index contributed by atoms with van der Waals surface area (Å²) in [6.45, 7) is 2.97. The SMILES string of the molecule is CCCCCC(CCC1C(O)CC2Cc3c(cccc3OCC(=O)OC)CC21)OC1CCCCO1. The van der Waals surface area contributed by atoms with E-state index in [1.54, 1.807) is 0 Å². The van der Waals surface area contributed by atoms with Crippen LogP contribution in [0.2, 0.25) is 0 Å². The zero-order chi connectivity index (χ0) is 24.6. The van der Waals surface area contributed by atoms with E-state index in [1.807, 2.05) is 12.1 Å². The minimum absolute atomic E-state index is 0.0541. The van der Waals surface area contributed by atoms with Crippen molar-refractivity contribution in [3.05, 3.63) is 29.3 Å². The normalized spacial score (nSPS) is 28.7. The number of hydrogen-bond donors (Lipinski definition) is 1. The zero-order valence-corrected chi connectivity index (χ0v) is 21.6. The lowest BCUT2D eigenvalue weighted by Crippen LogP contribution is -2.31. The maximum atomic E-state index is 11.6. The molecule has 6 heteroatoms. The molecule has 0 aromatic heterocycles. The number of aliphatic hydroxyl groups excluding tert-OH is 1. The number of benzene rings is 1. The molecule has 0 spiro atoms. The van der Waals surface area contributed by atoms with Crippen molar-refractivity contribution in [1.82, 2.24) is 0 Å². The highest BCUT2D eigenvalue weighted by Gasteiger charge is 2.45. The largest absolute Gasteiger partial charge is 0.482 e. The third kappa shape index (κ3) is 6.99. The number of methoxy groups -OCH3 is 1. The average Bonchev–Trinajstić information content (AvgIpc) is 3.18. The fourth-order valence-corrected chi connectivity index (χ4v) is 6.45. The molecule has 35 heavy (non-hydrogen) atoms. The summed E-state index contributed by atoms with van der Waals surface area (Å²) in [4.78, 5) is 11.6. The Morgan fingerprint density at radius 2 is 2.09 bits per heavy atom. The Bertz CT molecular complexity index is 804. The van der Waals surface area contributed by atoms with Gasteiger partial charge in [-0.3, -0.25) is 0 Å². The molecular formula is C29H44O6. The van der Waals surface area contributed by atoms with Gasteiger partial charge in [0.15, 0.2) is 12.9 Å². The summed E-state index contributed by atoms with van der Waals surface area (Å²) < 4.78 is 22.8. The van der Waals surface area contributed by atoms with Crippen molar-refractivity contribution >= 4 is 5.97 Å². The molecule has 0 bridgehead atoms. The van der Waals surface area contributed by atoms with E-state index in [-0.39, 0.29) is 31.1 Å². The van der Waals surface area contributed by atoms with Gasteiger partial charge in [-0.05, 0) is 92.7 Å². The van der Waals surface area contributed by atoms with Crippen molar-refractivity contribution in [1.29, 1.82) is 0 Å². The van der Waals surface area contributed by atoms with Crippen molar-refractivity contribution in [2.45, 2.75) is 102 Å². The molecule has 1 saturated carbocycles. The van der Waals surface area contributed by atoms with Crippen LogP contribution >= 0.6 is 0 Å². The van der Waals surface area contributed by atoms with E-state index >= 15 is 0 Å². The van der Waals surface area contributed by atoms with Crippen molar-refractivity contribution < 1.29 is 28.8 Å². The molecule has 4 rings (SSSR count). The van der Waals surface area contributed by atoms with E-state index in [1.165, 1.54) is 43.9 Å². The quantitative estimate of drug-likeness (QED) is 0.321. The number of aliphatic hydroxyl groups is 1. The minimum Gasteiger partial charge on any atom is -0.482 e. The lowest BCUT2D eigenvalue weighted by Gasteiger charge is -2.33. The second kappa shape index (κ2) is 13.1. The lowest BCUT2D eigenvalue weighted by molar-refractivity contribution is -0.191. The summed E-state index contributed by atoms with van der Waals surface area (Å²) in [5, 5.41) is 11.1. The van der Waals surface area contributed by atoms with E-state index in [9.17, 15) is 9.90 Å². The lowest BCUT2D eigenvalue weighted by atomic mass is 9.73. The first-order valence-electron chi connectivity index (χ1n) is 13.8. The second-order valence-electron chi connectivity index (χ2n) is 10.7. The van der Waals surface area contributed by atoms with Gasteiger partial charge < -0.3 is 24.1 Å². The van der Waals surface area contributed by atoms with Crippen LogP contribution in [0.5, 0.6) is 5.75 Å². The highest BCUT2D eigenvalue weighted by Crippen LogP contribution is 2.48. The van der Waals surface area contributed by atoms with Gasteiger partial charge in [-0.25, -0.2) is 4.79 Å². The van der Waals surface area contributed by atoms with Crippen LogP contribution in [-0.2, 0) is 31.8 Å². The molecule has 2 fully saturated rings. The third-order valence-corrected chi connectivity index (χ3v) is 8.35. The topological polar surface area (TPSA) is 74.2 Å². The number of rotatable bonds is 12. The molecule has 6 nitrogen and oxygen atoms in total. The average molecular weight is 489 g/mol. The molecule has 0 amide bonds. The number of fused-ring (bicyclic) bond motifs is 2. The predicted molar refractivity (Wildman–Crippen MR) is 134 cm³/mol. The number of carbonyl (C=O) groups excluding carboxylic acids is 1. The van der Waals surface area contributed by atoms with Crippen LogP contribution in [0.25, 0.3) is 0 Å². The molecule has 2 aliphatic carbocycles. The van der Waals surface area contributed by atoms with E-state index in [0.29, 0.717) is 17.8 Å². The van der Waals surface area contributed by atoms with E-state index in [4.69, 9.17) is 18.9 Å². The van der Waals surface area contributed by atoms with Gasteiger partial charge in [0.1, 0.15) is 5.75 Å². The summed E-state index contributed by atoms with van der Waals surface area (Å²) in [5.74, 6) is 1.64. The van der Waals surface area contributed by atoms with Gasteiger partial charge in [-0.15, -0.1) is 0 Å². The first-order valence-corrected chi connectivity index (χ1v) is 13.8. The number of unbranched alkanes of at least 4 members (excludes halogenated alkanes) is 2. The van der Waals surface area contributed by atoms with Crippen LogP contribution in [0.1, 0.15) is 82.3 Å². The summed E-state index contributed by atoms with van der Waals surface area (Å²) in [7, 11) is 1.37. The first-order chi connectivity index (χ1) is 17.1. The van der Waals surface area contributed by atoms with Gasteiger partial charge in [0.2, 0.25) is 0 Å². The molecule has 1 aliphatic heterocycles. The van der Waals surface area contributed by atoms with Gasteiger partial charge in [-0.2, -0.15) is 0 Å². The van der Waals surface area contributed by atoms with Crippen molar-refractivity contribution in [3.8, 4) is 5.75 Å². The molecule has 0 radical (unpaired) electrons. The molecule has 6 atom stereocenters. The monoisotopic (exact) mass is 488 g/mol. The number of hydrogen-bond acceptors (Lipinski definition) is 6. The van der Waals surface area contributed by atoms with Crippen LogP contribution in [0.4, 0.5) is 0 Å². The van der Waals surface area contributed by atoms with Gasteiger partial charge in [-0.1, -0.05) is 38.3 Å². The molecule has 1 saturated heterocycles. The molecule has 1 N–H and O–H groups in total. The Hall–Kier alpha value is -1.63. The maximum absolute atomic E-state index is 11.6.